The van der Waals surface area contributed by atoms with Gasteiger partial charge in [-0.15, -0.1) is 0 Å². The standard InChI is InChI=1S/C24H20N2/c1-3-5-6-16-7-10-20-19(13-16)9-12-22-21-11-8-18(17(4-2)15-25)14-23(21)26-24(20)22/h3-15,26H,1-2,25H2/b6-5+,17-15+. The molecule has 4 aromatic rings. The molecule has 26 heavy (non-hydrogen) atoms. The molecule has 3 N–H and O–H groups in total. The maximum absolute atomic E-state index is 5.70. The number of H-pyrrole nitrogens is 1. The molecule has 0 saturated carbocycles. The van der Waals surface area contributed by atoms with Crippen LogP contribution in [0.4, 0.5) is 0 Å². The minimum Gasteiger partial charge on any atom is -0.404 e. The lowest BCUT2D eigenvalue weighted by molar-refractivity contribution is 1.53. The van der Waals surface area contributed by atoms with Gasteiger partial charge in [0, 0.05) is 27.9 Å². The van der Waals surface area contributed by atoms with E-state index in [9.17, 15) is 0 Å². The van der Waals surface area contributed by atoms with Crippen LogP contribution in [0, 0.1) is 0 Å². The number of hydrogen-bond donors (Lipinski definition) is 2. The highest BCUT2D eigenvalue weighted by Crippen LogP contribution is 2.33. The fraction of sp³-hybridized carbons (Fsp3) is 0. The molecule has 0 aliphatic heterocycles. The third-order valence-electron chi connectivity index (χ3n) is 4.77. The van der Waals surface area contributed by atoms with Crippen molar-refractivity contribution < 1.29 is 0 Å². The molecule has 0 saturated heterocycles. The molecule has 1 heterocycles. The Hall–Kier alpha value is -3.52. The van der Waals surface area contributed by atoms with Crippen molar-refractivity contribution in [3.8, 4) is 0 Å². The number of nitrogens with one attached hydrogen (secondary N) is 1. The second kappa shape index (κ2) is 6.41. The first-order valence-electron chi connectivity index (χ1n) is 8.57. The summed E-state index contributed by atoms with van der Waals surface area (Å²) in [5.74, 6) is 0. The summed E-state index contributed by atoms with van der Waals surface area (Å²) in [6, 6.07) is 17.2. The Balaban J connectivity index is 1.95. The predicted molar refractivity (Wildman–Crippen MR) is 115 cm³/mol. The van der Waals surface area contributed by atoms with Gasteiger partial charge in [-0.2, -0.15) is 0 Å². The normalized spacial score (nSPS) is 12.4. The average molecular weight is 336 g/mol. The topological polar surface area (TPSA) is 41.8 Å². The molecule has 0 aliphatic carbocycles. The summed E-state index contributed by atoms with van der Waals surface area (Å²) in [4.78, 5) is 3.59. The SMILES string of the molecule is C=C/C=C/c1ccc2c(ccc3c4ccc(/C(C=C)=C/N)cc4[nH]c23)c1. The minimum absolute atomic E-state index is 0.925. The Bertz CT molecular complexity index is 1220. The van der Waals surface area contributed by atoms with Crippen LogP contribution in [-0.4, -0.2) is 4.98 Å². The summed E-state index contributed by atoms with van der Waals surface area (Å²) in [5, 5.41) is 4.87. The van der Waals surface area contributed by atoms with Gasteiger partial charge in [-0.05, 0) is 34.2 Å². The highest BCUT2D eigenvalue weighted by molar-refractivity contribution is 6.17. The average Bonchev–Trinajstić information content (AvgIpc) is 3.05. The molecule has 0 bridgehead atoms. The van der Waals surface area contributed by atoms with Crippen molar-refractivity contribution >= 4 is 44.2 Å². The number of rotatable bonds is 4. The Labute approximate surface area is 152 Å². The Morgan fingerprint density at radius 2 is 1.73 bits per heavy atom. The third kappa shape index (κ3) is 2.52. The molecule has 126 valence electrons. The van der Waals surface area contributed by atoms with Gasteiger partial charge >= 0.3 is 0 Å². The first-order chi connectivity index (χ1) is 12.7. The Morgan fingerprint density at radius 3 is 2.50 bits per heavy atom. The third-order valence-corrected chi connectivity index (χ3v) is 4.77. The fourth-order valence-electron chi connectivity index (χ4n) is 3.47. The number of benzene rings is 3. The van der Waals surface area contributed by atoms with Crippen LogP contribution in [0.2, 0.25) is 0 Å². The van der Waals surface area contributed by atoms with Crippen molar-refractivity contribution in [2.75, 3.05) is 0 Å². The summed E-state index contributed by atoms with van der Waals surface area (Å²) in [6.45, 7) is 7.56. The van der Waals surface area contributed by atoms with Crippen molar-refractivity contribution in [1.29, 1.82) is 0 Å². The zero-order valence-electron chi connectivity index (χ0n) is 14.5. The second-order valence-corrected chi connectivity index (χ2v) is 6.28. The number of fused-ring (bicyclic) bond motifs is 5. The van der Waals surface area contributed by atoms with Gasteiger partial charge in [-0.3, -0.25) is 0 Å². The zero-order chi connectivity index (χ0) is 18.1. The van der Waals surface area contributed by atoms with E-state index < -0.39 is 0 Å². The maximum atomic E-state index is 5.70. The second-order valence-electron chi connectivity index (χ2n) is 6.28. The van der Waals surface area contributed by atoms with Crippen LogP contribution in [0.5, 0.6) is 0 Å². The summed E-state index contributed by atoms with van der Waals surface area (Å²) < 4.78 is 0. The van der Waals surface area contributed by atoms with Crippen LogP contribution >= 0.6 is 0 Å². The van der Waals surface area contributed by atoms with E-state index in [-0.39, 0.29) is 0 Å². The van der Waals surface area contributed by atoms with Crippen molar-refractivity contribution in [2.24, 2.45) is 5.73 Å². The Morgan fingerprint density at radius 1 is 0.923 bits per heavy atom. The fourth-order valence-corrected chi connectivity index (χ4v) is 3.47. The van der Waals surface area contributed by atoms with Crippen LogP contribution in [0.15, 0.2) is 86.1 Å². The van der Waals surface area contributed by atoms with Crippen LogP contribution in [-0.2, 0) is 0 Å². The summed E-state index contributed by atoms with van der Waals surface area (Å²) in [7, 11) is 0. The summed E-state index contributed by atoms with van der Waals surface area (Å²) in [5.41, 5.74) is 11.1. The number of aromatic amines is 1. The van der Waals surface area contributed by atoms with E-state index in [1.807, 2.05) is 6.08 Å². The van der Waals surface area contributed by atoms with E-state index in [4.69, 9.17) is 5.73 Å². The molecule has 2 heteroatoms. The van der Waals surface area contributed by atoms with Crippen molar-refractivity contribution in [3.05, 3.63) is 97.2 Å². The Kier molecular flexibility index (Phi) is 3.94. The largest absolute Gasteiger partial charge is 0.404 e. The molecule has 0 aliphatic rings. The molecule has 0 unspecified atom stereocenters. The molecular weight excluding hydrogens is 316 g/mol. The first-order valence-corrected chi connectivity index (χ1v) is 8.57. The van der Waals surface area contributed by atoms with E-state index in [0.29, 0.717) is 0 Å². The van der Waals surface area contributed by atoms with Crippen molar-refractivity contribution in [1.82, 2.24) is 4.98 Å². The quantitative estimate of drug-likeness (QED) is 0.431. The molecular formula is C24H20N2. The predicted octanol–water partition coefficient (Wildman–Crippen LogP) is 6.16. The van der Waals surface area contributed by atoms with Gasteiger partial charge in [0.2, 0.25) is 0 Å². The smallest absolute Gasteiger partial charge is 0.0544 e. The summed E-state index contributed by atoms with van der Waals surface area (Å²) >= 11 is 0. The molecule has 0 amide bonds. The molecule has 1 aromatic heterocycles. The molecule has 0 spiro atoms. The van der Waals surface area contributed by atoms with E-state index in [2.05, 4.69) is 72.7 Å². The van der Waals surface area contributed by atoms with E-state index in [1.54, 1.807) is 18.4 Å². The molecule has 0 fully saturated rings. The lowest BCUT2D eigenvalue weighted by Gasteiger charge is -2.02. The van der Waals surface area contributed by atoms with Gasteiger partial charge in [-0.25, -0.2) is 0 Å². The molecule has 0 atom stereocenters. The molecule has 2 nitrogen and oxygen atoms in total. The zero-order valence-corrected chi connectivity index (χ0v) is 14.5. The molecule has 0 radical (unpaired) electrons. The highest BCUT2D eigenvalue weighted by Gasteiger charge is 2.09. The lowest BCUT2D eigenvalue weighted by Crippen LogP contribution is -1.86. The van der Waals surface area contributed by atoms with Crippen LogP contribution in [0.3, 0.4) is 0 Å². The number of aromatic nitrogens is 1. The number of hydrogen-bond acceptors (Lipinski definition) is 1. The van der Waals surface area contributed by atoms with E-state index >= 15 is 0 Å². The van der Waals surface area contributed by atoms with Crippen molar-refractivity contribution in [3.63, 3.8) is 0 Å². The van der Waals surface area contributed by atoms with E-state index in [1.165, 1.54) is 27.1 Å². The van der Waals surface area contributed by atoms with Gasteiger partial charge in [-0.1, -0.05) is 73.9 Å². The van der Waals surface area contributed by atoms with Crippen LogP contribution in [0.25, 0.3) is 44.2 Å². The van der Waals surface area contributed by atoms with Gasteiger partial charge in [0.15, 0.2) is 0 Å². The monoisotopic (exact) mass is 336 g/mol. The molecule has 3 aromatic carbocycles. The van der Waals surface area contributed by atoms with Gasteiger partial charge < -0.3 is 10.7 Å². The first kappa shape index (κ1) is 16.0. The van der Waals surface area contributed by atoms with E-state index in [0.717, 1.165) is 22.2 Å². The van der Waals surface area contributed by atoms with Gasteiger partial charge in [0.1, 0.15) is 0 Å². The lowest BCUT2D eigenvalue weighted by atomic mass is 10.0. The minimum atomic E-state index is 0.925. The van der Waals surface area contributed by atoms with Crippen LogP contribution in [0.1, 0.15) is 11.1 Å². The maximum Gasteiger partial charge on any atom is 0.0544 e. The van der Waals surface area contributed by atoms with Crippen LogP contribution < -0.4 is 5.73 Å². The van der Waals surface area contributed by atoms with Gasteiger partial charge in [0.25, 0.3) is 0 Å². The molecule has 4 rings (SSSR count). The number of nitrogens with two attached hydrogens (primary N) is 1. The summed E-state index contributed by atoms with van der Waals surface area (Å²) in [6.07, 6.45) is 9.16. The number of allylic oxidation sites excluding steroid dienone is 4. The highest BCUT2D eigenvalue weighted by atomic mass is 14.7. The van der Waals surface area contributed by atoms with Crippen molar-refractivity contribution in [2.45, 2.75) is 0 Å². The van der Waals surface area contributed by atoms with Gasteiger partial charge in [0.05, 0.1) is 5.52 Å².